The molecular formula is C126H132N8. The lowest BCUT2D eigenvalue weighted by Gasteiger charge is -2.13. The third-order valence-corrected chi connectivity index (χ3v) is 31.2. The molecule has 0 bridgehead atoms. The van der Waals surface area contributed by atoms with Crippen molar-refractivity contribution in [3.05, 3.63) is 416 Å². The minimum absolute atomic E-state index is 0.993. The molecule has 0 N–H and O–H groups in total. The number of aromatic nitrogens is 8. The molecule has 0 aliphatic heterocycles. The molecule has 0 fully saturated rings. The second-order valence-corrected chi connectivity index (χ2v) is 40.0. The summed E-state index contributed by atoms with van der Waals surface area (Å²) in [5.74, 6) is 0. The number of hydrogen-bond donors (Lipinski definition) is 0. The minimum Gasteiger partial charge on any atom is -0.261 e. The standard InChI is InChI=1S/7C16H17N.C14H13N/c1-9-5-14-15(17-8-9)7-13-6-10(2)11(3)12(4)16(13)14;1-9-7-10(2)14-8-15-13(16(14)12(9)4)6-5-11(3)17-15;1-9-7-13-8-15-14(6-5-10(2)17-15)16(13)12(4)11(9)3;1-9-5-6-13-7-14-16(15(13)11(9)3)12(4)10(2)8-17-14;1-9-5-6-17-14-8-13-7-10(2)11(3)12(4)16(13)15(9)14;1-9-5-6-13-8-15-14(16(13)11(9)3)7-10(2)12(4)17-15;1-9-5-6-13-8-14-15(16(13)12(9)4)10(2)7-11(3)17-14;1-9-10(2)15-8-12-7-11-5-3-4-6-13(11)14(9)12/h5-6,8H,7H2,1-4H3;2*5-7H,8H2,1-4H3;5-6,8H,7H2,1-4H3;3*5-7H,8H2,1-4H3;3-6,8H,7H2,1-2H3. The maximum Gasteiger partial charge on any atom is 0.0531 e. The summed E-state index contributed by atoms with van der Waals surface area (Å²) in [6.45, 7) is 65.4. The average molecular weight is 1760 g/mol. The number of fused-ring (bicyclic) bond motifs is 24. The van der Waals surface area contributed by atoms with E-state index in [1.165, 1.54) is 318 Å². The van der Waals surface area contributed by atoms with Crippen LogP contribution in [0, 0.1) is 208 Å². The van der Waals surface area contributed by atoms with Crippen LogP contribution in [0.25, 0.3) is 89.0 Å². The first-order chi connectivity index (χ1) is 63.8. The number of hydrogen-bond acceptors (Lipinski definition) is 8. The third kappa shape index (κ3) is 17.0. The molecule has 8 aliphatic rings. The number of rotatable bonds is 0. The van der Waals surface area contributed by atoms with Crippen molar-refractivity contribution in [2.75, 3.05) is 0 Å². The Balaban J connectivity index is 0.000000107. The van der Waals surface area contributed by atoms with Crippen molar-refractivity contribution >= 4 is 0 Å². The van der Waals surface area contributed by atoms with Gasteiger partial charge in [0.25, 0.3) is 0 Å². The first kappa shape index (κ1) is 92.8. The van der Waals surface area contributed by atoms with Gasteiger partial charge in [-0.15, -0.1) is 0 Å². The molecule has 0 saturated heterocycles. The molecule has 8 aliphatic carbocycles. The van der Waals surface area contributed by atoms with Gasteiger partial charge in [-0.2, -0.15) is 0 Å². The lowest BCUT2D eigenvalue weighted by atomic mass is 9.92. The fourth-order valence-electron chi connectivity index (χ4n) is 22.2. The predicted octanol–water partition coefficient (Wildman–Crippen LogP) is 30.5. The molecule has 134 heavy (non-hydrogen) atoms. The highest BCUT2D eigenvalue weighted by Gasteiger charge is 2.32. The van der Waals surface area contributed by atoms with E-state index in [1.54, 1.807) is 0 Å². The number of benzene rings is 8. The molecule has 676 valence electrons. The Kier molecular flexibility index (Phi) is 25.4. The van der Waals surface area contributed by atoms with Gasteiger partial charge >= 0.3 is 0 Å². The lowest BCUT2D eigenvalue weighted by Crippen LogP contribution is -1.93. The average Bonchev–Trinajstić information content (AvgIpc) is 1.62. The van der Waals surface area contributed by atoms with Gasteiger partial charge in [-0.3, -0.25) is 39.9 Å². The highest BCUT2D eigenvalue weighted by atomic mass is 14.8. The highest BCUT2D eigenvalue weighted by Crippen LogP contribution is 2.49. The van der Waals surface area contributed by atoms with E-state index in [0.29, 0.717) is 0 Å². The van der Waals surface area contributed by atoms with Crippen LogP contribution in [0.1, 0.15) is 257 Å². The molecule has 8 nitrogen and oxygen atoms in total. The van der Waals surface area contributed by atoms with Crippen LogP contribution < -0.4 is 0 Å². The van der Waals surface area contributed by atoms with Gasteiger partial charge in [0.15, 0.2) is 0 Å². The fraction of sp³-hybridized carbons (Fsp3) is 0.302. The topological polar surface area (TPSA) is 103 Å². The fourth-order valence-corrected chi connectivity index (χ4v) is 22.2. The molecule has 24 rings (SSSR count). The van der Waals surface area contributed by atoms with Crippen molar-refractivity contribution in [2.45, 2.75) is 259 Å². The first-order valence-corrected chi connectivity index (χ1v) is 48.3. The molecule has 8 heteroatoms. The van der Waals surface area contributed by atoms with E-state index in [-0.39, 0.29) is 0 Å². The van der Waals surface area contributed by atoms with Gasteiger partial charge in [-0.05, 0) is 483 Å². The second-order valence-electron chi connectivity index (χ2n) is 40.0. The van der Waals surface area contributed by atoms with E-state index in [9.17, 15) is 0 Å². The zero-order valence-corrected chi connectivity index (χ0v) is 85.2. The maximum atomic E-state index is 4.74. The zero-order valence-electron chi connectivity index (χ0n) is 85.2. The van der Waals surface area contributed by atoms with Crippen LogP contribution in [-0.2, 0) is 51.4 Å². The summed E-state index contributed by atoms with van der Waals surface area (Å²) in [6.07, 6.45) is 15.9. The van der Waals surface area contributed by atoms with E-state index < -0.39 is 0 Å². The Morgan fingerprint density at radius 3 is 1.24 bits per heavy atom. The molecule has 16 aromatic rings. The van der Waals surface area contributed by atoms with Gasteiger partial charge in [0.1, 0.15) is 0 Å². The third-order valence-electron chi connectivity index (χ3n) is 31.2. The molecule has 0 saturated carbocycles. The van der Waals surface area contributed by atoms with Crippen molar-refractivity contribution in [3.8, 4) is 89.0 Å². The Bertz CT molecular complexity index is 7530. The van der Waals surface area contributed by atoms with Crippen molar-refractivity contribution < 1.29 is 0 Å². The monoisotopic (exact) mass is 1760 g/mol. The number of aryl methyl sites for hydroxylation is 18. The first-order valence-electron chi connectivity index (χ1n) is 48.3. The summed E-state index contributed by atoms with van der Waals surface area (Å²) < 4.78 is 0. The summed E-state index contributed by atoms with van der Waals surface area (Å²) >= 11 is 0. The molecule has 0 amide bonds. The quantitative estimate of drug-likeness (QED) is 0.148. The van der Waals surface area contributed by atoms with Gasteiger partial charge in [-0.25, -0.2) is 0 Å². The summed E-state index contributed by atoms with van der Waals surface area (Å²) in [7, 11) is 0. The highest BCUT2D eigenvalue weighted by molar-refractivity contribution is 5.88. The normalized spacial score (nSPS) is 12.5. The SMILES string of the molecule is Cc1cc(C)c2c(n1)Cc1ccc(C)c(C)c1-2.Cc1cc2c(c(C)c1C)-c1c(C)ccnc1C2.Cc1cc2c(nc1C)Cc1ccc(C)c(C)c1-2.Cc1ccc2c(c1C)-c1c(ncc(C)c1C)C2.Cc1ccc2c(n1)Cc1c(C)cc(C)c(C)c1-2.Cc1ccc2c(n1)Cc1cc(C)c(C)c(C)c1-2.Cc1cnc2c(c1)-c1c(cc(C)c(C)c1C)C2.Cc1ncc2c(c1C)-c1ccccc1C2. The molecular weight excluding hydrogens is 1630 g/mol. The van der Waals surface area contributed by atoms with Crippen molar-refractivity contribution in [1.82, 2.24) is 39.9 Å². The molecule has 0 atom stereocenters. The minimum atomic E-state index is 0.993. The molecule has 0 spiro atoms. The van der Waals surface area contributed by atoms with Crippen LogP contribution >= 0.6 is 0 Å². The summed E-state index contributed by atoms with van der Waals surface area (Å²) in [5, 5.41) is 0. The van der Waals surface area contributed by atoms with Crippen LogP contribution in [-0.4, -0.2) is 39.9 Å². The van der Waals surface area contributed by atoms with Gasteiger partial charge < -0.3 is 0 Å². The van der Waals surface area contributed by atoms with E-state index in [4.69, 9.17) is 9.97 Å². The molecule has 8 aromatic heterocycles. The smallest absolute Gasteiger partial charge is 0.0531 e. The van der Waals surface area contributed by atoms with Gasteiger partial charge in [0.2, 0.25) is 0 Å². The van der Waals surface area contributed by atoms with Crippen molar-refractivity contribution in [2.24, 2.45) is 0 Å². The van der Waals surface area contributed by atoms with E-state index in [1.807, 2.05) is 24.8 Å². The van der Waals surface area contributed by atoms with Crippen LogP contribution in [0.4, 0.5) is 0 Å². The largest absolute Gasteiger partial charge is 0.261 e. The van der Waals surface area contributed by atoms with E-state index >= 15 is 0 Å². The van der Waals surface area contributed by atoms with Crippen LogP contribution in [0.3, 0.4) is 0 Å². The molecule has 8 heterocycles. The van der Waals surface area contributed by atoms with Crippen molar-refractivity contribution in [3.63, 3.8) is 0 Å². The Hall–Kier alpha value is -13.0. The summed E-state index contributed by atoms with van der Waals surface area (Å²) in [4.78, 5) is 36.9. The lowest BCUT2D eigenvalue weighted by molar-refractivity contribution is 1.05. The van der Waals surface area contributed by atoms with Crippen LogP contribution in [0.5, 0.6) is 0 Å². The molecule has 8 aromatic carbocycles. The summed E-state index contributed by atoms with van der Waals surface area (Å²) in [5.41, 5.74) is 84.2. The van der Waals surface area contributed by atoms with Gasteiger partial charge in [0.05, 0.1) is 39.9 Å². The predicted molar refractivity (Wildman–Crippen MR) is 562 cm³/mol. The van der Waals surface area contributed by atoms with Crippen molar-refractivity contribution in [1.29, 1.82) is 0 Å². The maximum absolute atomic E-state index is 4.74. The Labute approximate surface area is 798 Å². The summed E-state index contributed by atoms with van der Waals surface area (Å²) in [6, 6.07) is 48.9. The van der Waals surface area contributed by atoms with Crippen LogP contribution in [0.15, 0.2) is 158 Å². The van der Waals surface area contributed by atoms with Gasteiger partial charge in [0, 0.05) is 144 Å². The Morgan fingerprint density at radius 1 is 0.179 bits per heavy atom. The second kappa shape index (κ2) is 36.7. The molecule has 0 radical (unpaired) electrons. The number of nitrogens with zero attached hydrogens (tertiary/aromatic N) is 8. The van der Waals surface area contributed by atoms with Crippen LogP contribution in [0.2, 0.25) is 0 Å². The van der Waals surface area contributed by atoms with E-state index in [2.05, 4.69) is 371 Å². The molecule has 0 unspecified atom stereocenters. The van der Waals surface area contributed by atoms with E-state index in [0.717, 1.165) is 79.8 Å². The number of pyridine rings is 8. The Morgan fingerprint density at radius 2 is 0.612 bits per heavy atom. The van der Waals surface area contributed by atoms with Gasteiger partial charge in [-0.1, -0.05) is 97.1 Å². The zero-order chi connectivity index (χ0) is 95.5.